The molecule has 120 valence electrons. The molecule has 0 aromatic heterocycles. The van der Waals surface area contributed by atoms with E-state index in [9.17, 15) is 4.79 Å². The fourth-order valence-electron chi connectivity index (χ4n) is 2.92. The van der Waals surface area contributed by atoms with Crippen LogP contribution in [0.25, 0.3) is 6.08 Å². The molecule has 0 spiro atoms. The maximum Gasteiger partial charge on any atom is 0.309 e. The first kappa shape index (κ1) is 16.8. The summed E-state index contributed by atoms with van der Waals surface area (Å²) in [6.45, 7) is 8.86. The number of carbonyl (C=O) groups excluding carboxylic acids is 1. The van der Waals surface area contributed by atoms with Gasteiger partial charge in [-0.25, -0.2) is 0 Å². The highest BCUT2D eigenvalue weighted by Crippen LogP contribution is 2.28. The largest absolute Gasteiger partial charge is 0.461 e. The molecule has 3 heteroatoms. The Balaban J connectivity index is 1.87. The van der Waals surface area contributed by atoms with Crippen molar-refractivity contribution < 1.29 is 14.3 Å². The first-order valence-electron chi connectivity index (χ1n) is 8.13. The van der Waals surface area contributed by atoms with Crippen molar-refractivity contribution in [1.82, 2.24) is 0 Å². The Bertz CT molecular complexity index is 484. The van der Waals surface area contributed by atoms with E-state index in [4.69, 9.17) is 9.47 Å². The van der Waals surface area contributed by atoms with Gasteiger partial charge in [0.2, 0.25) is 0 Å². The first-order valence-corrected chi connectivity index (χ1v) is 8.13. The average Bonchev–Trinajstić information content (AvgIpc) is 2.56. The SMILES string of the molecule is C=Cc1ccc(COC(=O)C(CC)[C@@H]2CC[C@H](C)OC2)cc1. The van der Waals surface area contributed by atoms with E-state index < -0.39 is 0 Å². The minimum Gasteiger partial charge on any atom is -0.461 e. The van der Waals surface area contributed by atoms with Gasteiger partial charge < -0.3 is 9.47 Å². The van der Waals surface area contributed by atoms with Crippen LogP contribution in [0.15, 0.2) is 30.8 Å². The van der Waals surface area contributed by atoms with Crippen LogP contribution in [0.2, 0.25) is 0 Å². The molecule has 1 aromatic carbocycles. The molecule has 2 rings (SSSR count). The number of benzene rings is 1. The highest BCUT2D eigenvalue weighted by Gasteiger charge is 2.31. The topological polar surface area (TPSA) is 35.5 Å². The molecule has 0 bridgehead atoms. The maximum absolute atomic E-state index is 12.4. The van der Waals surface area contributed by atoms with Gasteiger partial charge in [-0.05, 0) is 43.2 Å². The van der Waals surface area contributed by atoms with Gasteiger partial charge in [0.25, 0.3) is 0 Å². The monoisotopic (exact) mass is 302 g/mol. The lowest BCUT2D eigenvalue weighted by molar-refractivity contribution is -0.155. The van der Waals surface area contributed by atoms with Gasteiger partial charge in [0.1, 0.15) is 6.61 Å². The molecule has 1 aromatic rings. The molecule has 1 unspecified atom stereocenters. The summed E-state index contributed by atoms with van der Waals surface area (Å²) in [5.41, 5.74) is 2.07. The highest BCUT2D eigenvalue weighted by atomic mass is 16.5. The molecule has 0 N–H and O–H groups in total. The molecule has 1 fully saturated rings. The zero-order valence-corrected chi connectivity index (χ0v) is 13.6. The van der Waals surface area contributed by atoms with E-state index in [1.165, 1.54) is 0 Å². The number of hydrogen-bond donors (Lipinski definition) is 0. The molecular formula is C19H26O3. The maximum atomic E-state index is 12.4. The van der Waals surface area contributed by atoms with E-state index in [0.29, 0.717) is 19.3 Å². The van der Waals surface area contributed by atoms with E-state index >= 15 is 0 Å². The Kier molecular flexibility index (Phi) is 6.20. The molecule has 0 amide bonds. The third-order valence-corrected chi connectivity index (χ3v) is 4.45. The minimum absolute atomic E-state index is 0.0556. The third-order valence-electron chi connectivity index (χ3n) is 4.45. The Labute approximate surface area is 133 Å². The van der Waals surface area contributed by atoms with Gasteiger partial charge in [-0.1, -0.05) is 43.8 Å². The van der Waals surface area contributed by atoms with Crippen LogP contribution in [0.1, 0.15) is 44.2 Å². The molecule has 0 saturated carbocycles. The van der Waals surface area contributed by atoms with E-state index in [0.717, 1.165) is 30.4 Å². The van der Waals surface area contributed by atoms with Crippen molar-refractivity contribution >= 4 is 12.0 Å². The third kappa shape index (κ3) is 4.44. The van der Waals surface area contributed by atoms with Gasteiger partial charge in [0.05, 0.1) is 18.6 Å². The van der Waals surface area contributed by atoms with Crippen molar-refractivity contribution in [3.05, 3.63) is 42.0 Å². The first-order chi connectivity index (χ1) is 10.6. The zero-order chi connectivity index (χ0) is 15.9. The number of esters is 1. The predicted octanol–water partition coefficient (Wildman–Crippen LogP) is 4.21. The van der Waals surface area contributed by atoms with Crippen molar-refractivity contribution in [2.45, 2.75) is 45.8 Å². The summed E-state index contributed by atoms with van der Waals surface area (Å²) in [5.74, 6) is 0.134. The molecule has 0 radical (unpaired) electrons. The van der Waals surface area contributed by atoms with Crippen LogP contribution < -0.4 is 0 Å². The van der Waals surface area contributed by atoms with Crippen LogP contribution in [0.4, 0.5) is 0 Å². The van der Waals surface area contributed by atoms with Gasteiger partial charge >= 0.3 is 5.97 Å². The quantitative estimate of drug-likeness (QED) is 0.738. The van der Waals surface area contributed by atoms with Crippen molar-refractivity contribution in [3.63, 3.8) is 0 Å². The van der Waals surface area contributed by atoms with E-state index in [2.05, 4.69) is 13.5 Å². The molecule has 3 atom stereocenters. The van der Waals surface area contributed by atoms with Gasteiger partial charge in [-0.2, -0.15) is 0 Å². The fourth-order valence-corrected chi connectivity index (χ4v) is 2.92. The second-order valence-corrected chi connectivity index (χ2v) is 6.05. The molecule has 0 aliphatic carbocycles. The Morgan fingerprint density at radius 2 is 2.14 bits per heavy atom. The molecule has 22 heavy (non-hydrogen) atoms. The summed E-state index contributed by atoms with van der Waals surface area (Å²) in [6, 6.07) is 7.89. The summed E-state index contributed by atoms with van der Waals surface area (Å²) in [7, 11) is 0. The second kappa shape index (κ2) is 8.14. The van der Waals surface area contributed by atoms with Crippen molar-refractivity contribution in [1.29, 1.82) is 0 Å². The number of hydrogen-bond acceptors (Lipinski definition) is 3. The lowest BCUT2D eigenvalue weighted by atomic mass is 9.85. The minimum atomic E-state index is -0.0987. The van der Waals surface area contributed by atoms with Crippen LogP contribution in [-0.2, 0) is 20.9 Å². The number of ether oxygens (including phenoxy) is 2. The Morgan fingerprint density at radius 3 is 2.68 bits per heavy atom. The van der Waals surface area contributed by atoms with Crippen molar-refractivity contribution in [2.75, 3.05) is 6.61 Å². The van der Waals surface area contributed by atoms with Crippen LogP contribution in [0.3, 0.4) is 0 Å². The lowest BCUT2D eigenvalue weighted by Gasteiger charge is -2.31. The van der Waals surface area contributed by atoms with E-state index in [1.54, 1.807) is 6.08 Å². The van der Waals surface area contributed by atoms with Crippen LogP contribution in [-0.4, -0.2) is 18.7 Å². The fraction of sp³-hybridized carbons (Fsp3) is 0.526. The van der Waals surface area contributed by atoms with Gasteiger partial charge in [-0.15, -0.1) is 0 Å². The van der Waals surface area contributed by atoms with Crippen molar-refractivity contribution in [2.24, 2.45) is 11.8 Å². The molecule has 1 saturated heterocycles. The molecular weight excluding hydrogens is 276 g/mol. The number of carbonyl (C=O) groups is 1. The summed E-state index contributed by atoms with van der Waals surface area (Å²) >= 11 is 0. The van der Waals surface area contributed by atoms with Crippen LogP contribution in [0.5, 0.6) is 0 Å². The lowest BCUT2D eigenvalue weighted by Crippen LogP contribution is -2.33. The van der Waals surface area contributed by atoms with Gasteiger partial charge in [0.15, 0.2) is 0 Å². The van der Waals surface area contributed by atoms with Crippen LogP contribution in [0, 0.1) is 11.8 Å². The summed E-state index contributed by atoms with van der Waals surface area (Å²) in [4.78, 5) is 12.4. The smallest absolute Gasteiger partial charge is 0.309 e. The van der Waals surface area contributed by atoms with E-state index in [1.807, 2.05) is 31.2 Å². The molecule has 1 heterocycles. The van der Waals surface area contributed by atoms with Crippen molar-refractivity contribution in [3.8, 4) is 0 Å². The van der Waals surface area contributed by atoms with E-state index in [-0.39, 0.29) is 17.8 Å². The summed E-state index contributed by atoms with van der Waals surface area (Å²) in [6.07, 6.45) is 4.98. The normalized spacial score (nSPS) is 22.8. The Hall–Kier alpha value is -1.61. The predicted molar refractivity (Wildman–Crippen MR) is 88.2 cm³/mol. The molecule has 1 aliphatic heterocycles. The Morgan fingerprint density at radius 1 is 1.41 bits per heavy atom. The average molecular weight is 302 g/mol. The van der Waals surface area contributed by atoms with Gasteiger partial charge in [0, 0.05) is 0 Å². The standard InChI is InChI=1S/C19H26O3/c1-4-15-7-9-16(10-8-15)12-22-19(20)18(5-2)17-11-6-14(3)21-13-17/h4,7-10,14,17-18H,1,5-6,11-13H2,2-3H3/t14-,17+,18?/m0/s1. The number of rotatable bonds is 6. The highest BCUT2D eigenvalue weighted by molar-refractivity contribution is 5.72. The molecule has 3 nitrogen and oxygen atoms in total. The summed E-state index contributed by atoms with van der Waals surface area (Å²) < 4.78 is 11.2. The zero-order valence-electron chi connectivity index (χ0n) is 13.6. The van der Waals surface area contributed by atoms with Crippen LogP contribution >= 0.6 is 0 Å². The molecule has 1 aliphatic rings. The second-order valence-electron chi connectivity index (χ2n) is 6.05. The summed E-state index contributed by atoms with van der Waals surface area (Å²) in [5, 5.41) is 0. The van der Waals surface area contributed by atoms with Gasteiger partial charge in [-0.3, -0.25) is 4.79 Å².